The maximum Gasteiger partial charge on any atom is 0.140 e. The van der Waals surface area contributed by atoms with Crippen LogP contribution < -0.4 is 0 Å². The fraction of sp³-hybridized carbons (Fsp3) is 0.190. The third-order valence-corrected chi connectivity index (χ3v) is 4.81. The third kappa shape index (κ3) is 2.64. The number of aryl methyl sites for hydroxylation is 2. The van der Waals surface area contributed by atoms with Gasteiger partial charge in [0, 0.05) is 41.1 Å². The van der Waals surface area contributed by atoms with Gasteiger partial charge in [-0.3, -0.25) is 0 Å². The van der Waals surface area contributed by atoms with Gasteiger partial charge in [0.15, 0.2) is 0 Å². The van der Waals surface area contributed by atoms with E-state index in [-0.39, 0.29) is 5.82 Å². The van der Waals surface area contributed by atoms with Gasteiger partial charge in [-0.15, -0.1) is 0 Å². The minimum absolute atomic E-state index is 0.233. The Bertz CT molecular complexity index is 1030. The lowest BCUT2D eigenvalue weighted by atomic mass is 10.1. The van der Waals surface area contributed by atoms with E-state index in [1.54, 1.807) is 18.3 Å². The summed E-state index contributed by atoms with van der Waals surface area (Å²) < 4.78 is 17.7. The number of fused-ring (bicyclic) bond motifs is 1. The molecule has 3 nitrogen and oxygen atoms in total. The predicted molar refractivity (Wildman–Crippen MR) is 99.1 cm³/mol. The molecule has 2 heterocycles. The number of imidazole rings is 1. The quantitative estimate of drug-likeness (QED) is 0.514. The van der Waals surface area contributed by atoms with Crippen molar-refractivity contribution in [2.45, 2.75) is 26.9 Å². The van der Waals surface area contributed by atoms with Crippen molar-refractivity contribution in [3.63, 3.8) is 0 Å². The highest BCUT2D eigenvalue weighted by Crippen LogP contribution is 2.27. The monoisotopic (exact) mass is 333 g/mol. The van der Waals surface area contributed by atoms with Crippen LogP contribution in [0, 0.1) is 12.7 Å². The van der Waals surface area contributed by atoms with Crippen molar-refractivity contribution in [3.8, 4) is 11.4 Å². The molecule has 2 aromatic heterocycles. The topological polar surface area (TPSA) is 22.8 Å². The Morgan fingerprint density at radius 3 is 2.56 bits per heavy atom. The number of halogens is 1. The molecule has 0 aliphatic heterocycles. The number of benzene rings is 2. The van der Waals surface area contributed by atoms with Crippen LogP contribution in [-0.2, 0) is 13.1 Å². The van der Waals surface area contributed by atoms with Gasteiger partial charge < -0.3 is 9.13 Å². The molecule has 0 unspecified atom stereocenters. The van der Waals surface area contributed by atoms with E-state index < -0.39 is 0 Å². The molecule has 0 amide bonds. The number of nitrogens with zero attached hydrogens (tertiary/aromatic N) is 3. The van der Waals surface area contributed by atoms with Crippen molar-refractivity contribution in [1.82, 2.24) is 14.1 Å². The average molecular weight is 333 g/mol. The Kier molecular flexibility index (Phi) is 3.88. The molecule has 0 atom stereocenters. The maximum absolute atomic E-state index is 13.2. The predicted octanol–water partition coefficient (Wildman–Crippen LogP) is 5.02. The van der Waals surface area contributed by atoms with E-state index in [2.05, 4.69) is 52.2 Å². The number of aromatic nitrogens is 3. The van der Waals surface area contributed by atoms with Gasteiger partial charge in [-0.2, -0.15) is 0 Å². The summed E-state index contributed by atoms with van der Waals surface area (Å²) in [5.41, 5.74) is 4.77. The van der Waals surface area contributed by atoms with Crippen LogP contribution >= 0.6 is 0 Å². The molecule has 25 heavy (non-hydrogen) atoms. The number of hydrogen-bond donors (Lipinski definition) is 0. The fourth-order valence-corrected chi connectivity index (χ4v) is 3.55. The number of para-hydroxylation sites is 1. The zero-order chi connectivity index (χ0) is 17.4. The molecule has 0 aliphatic rings. The first-order valence-electron chi connectivity index (χ1n) is 8.52. The molecule has 0 radical (unpaired) electrons. The minimum atomic E-state index is -0.233. The van der Waals surface area contributed by atoms with Crippen LogP contribution in [0.1, 0.15) is 18.2 Å². The van der Waals surface area contributed by atoms with Crippen LogP contribution in [0.3, 0.4) is 0 Å². The van der Waals surface area contributed by atoms with E-state index in [0.29, 0.717) is 0 Å². The van der Waals surface area contributed by atoms with Gasteiger partial charge in [-0.1, -0.05) is 18.2 Å². The Labute approximate surface area is 146 Å². The van der Waals surface area contributed by atoms with Crippen LogP contribution in [0.25, 0.3) is 22.3 Å². The summed E-state index contributed by atoms with van der Waals surface area (Å²) in [6, 6.07) is 15.0. The van der Waals surface area contributed by atoms with E-state index in [1.807, 2.05) is 6.20 Å². The van der Waals surface area contributed by atoms with Crippen LogP contribution in [0.5, 0.6) is 0 Å². The summed E-state index contributed by atoms with van der Waals surface area (Å²) >= 11 is 0. The van der Waals surface area contributed by atoms with Crippen LogP contribution in [-0.4, -0.2) is 14.1 Å². The molecule has 126 valence electrons. The minimum Gasteiger partial charge on any atom is -0.343 e. The maximum atomic E-state index is 13.2. The van der Waals surface area contributed by atoms with Gasteiger partial charge in [0.1, 0.15) is 11.6 Å². The zero-order valence-corrected chi connectivity index (χ0v) is 14.4. The second-order valence-electron chi connectivity index (χ2n) is 6.22. The average Bonchev–Trinajstić information content (AvgIpc) is 3.20. The first-order valence-corrected chi connectivity index (χ1v) is 8.52. The molecule has 0 bridgehead atoms. The number of hydrogen-bond acceptors (Lipinski definition) is 1. The van der Waals surface area contributed by atoms with Gasteiger partial charge in [0.2, 0.25) is 0 Å². The molecular formula is C21H20FN3. The molecule has 0 saturated heterocycles. The lowest BCUT2D eigenvalue weighted by molar-refractivity contribution is 0.628. The van der Waals surface area contributed by atoms with Gasteiger partial charge in [-0.25, -0.2) is 9.37 Å². The summed E-state index contributed by atoms with van der Waals surface area (Å²) in [5, 5.41) is 1.29. The van der Waals surface area contributed by atoms with Crippen molar-refractivity contribution in [2.75, 3.05) is 0 Å². The second-order valence-corrected chi connectivity index (χ2v) is 6.22. The summed E-state index contributed by atoms with van der Waals surface area (Å²) in [6.07, 6.45) is 3.78. The van der Waals surface area contributed by atoms with Gasteiger partial charge >= 0.3 is 0 Å². The van der Waals surface area contributed by atoms with Crippen LogP contribution in [0.2, 0.25) is 0 Å². The van der Waals surface area contributed by atoms with Gasteiger partial charge in [-0.05, 0) is 49.7 Å². The standard InChI is InChI=1S/C21H20FN3/c1-3-25-19-7-5-4-6-18(19)15(2)20(25)14-24-13-12-23-21(24)16-8-10-17(22)11-9-16/h4-13H,3,14H2,1-2H3. The molecule has 4 aromatic rings. The van der Waals surface area contributed by atoms with E-state index >= 15 is 0 Å². The molecule has 4 rings (SSSR count). The normalized spacial score (nSPS) is 11.3. The highest BCUT2D eigenvalue weighted by Gasteiger charge is 2.15. The first kappa shape index (κ1) is 15.6. The van der Waals surface area contributed by atoms with E-state index in [0.717, 1.165) is 24.5 Å². The lowest BCUT2D eigenvalue weighted by Crippen LogP contribution is -2.08. The van der Waals surface area contributed by atoms with Crippen molar-refractivity contribution in [1.29, 1.82) is 0 Å². The molecular weight excluding hydrogens is 313 g/mol. The zero-order valence-electron chi connectivity index (χ0n) is 14.4. The van der Waals surface area contributed by atoms with Crippen molar-refractivity contribution >= 4 is 10.9 Å². The van der Waals surface area contributed by atoms with Crippen molar-refractivity contribution in [3.05, 3.63) is 78.0 Å². The highest BCUT2D eigenvalue weighted by atomic mass is 19.1. The summed E-state index contributed by atoms with van der Waals surface area (Å²) in [4.78, 5) is 4.48. The van der Waals surface area contributed by atoms with E-state index in [9.17, 15) is 4.39 Å². The third-order valence-electron chi connectivity index (χ3n) is 4.81. The molecule has 0 fully saturated rings. The lowest BCUT2D eigenvalue weighted by Gasteiger charge is -2.12. The molecule has 0 aliphatic carbocycles. The summed E-state index contributed by atoms with van der Waals surface area (Å²) in [7, 11) is 0. The molecule has 4 heteroatoms. The highest BCUT2D eigenvalue weighted by molar-refractivity contribution is 5.85. The van der Waals surface area contributed by atoms with Gasteiger partial charge in [0.25, 0.3) is 0 Å². The molecule has 2 aromatic carbocycles. The first-order chi connectivity index (χ1) is 12.2. The Morgan fingerprint density at radius 2 is 1.80 bits per heavy atom. The molecule has 0 saturated carbocycles. The summed E-state index contributed by atoms with van der Waals surface area (Å²) in [6.45, 7) is 6.01. The van der Waals surface area contributed by atoms with Crippen LogP contribution in [0.15, 0.2) is 60.9 Å². The van der Waals surface area contributed by atoms with E-state index in [4.69, 9.17) is 0 Å². The molecule has 0 N–H and O–H groups in total. The van der Waals surface area contributed by atoms with Crippen molar-refractivity contribution in [2.24, 2.45) is 0 Å². The molecule has 0 spiro atoms. The Hall–Kier alpha value is -2.88. The van der Waals surface area contributed by atoms with Gasteiger partial charge in [0.05, 0.1) is 6.54 Å². The van der Waals surface area contributed by atoms with E-state index in [1.165, 1.54) is 34.3 Å². The number of rotatable bonds is 4. The largest absolute Gasteiger partial charge is 0.343 e. The Balaban J connectivity index is 1.80. The SMILES string of the molecule is CCn1c(Cn2ccnc2-c2ccc(F)cc2)c(C)c2ccccc21. The van der Waals surface area contributed by atoms with Crippen LogP contribution in [0.4, 0.5) is 4.39 Å². The second kappa shape index (κ2) is 6.20. The smallest absolute Gasteiger partial charge is 0.140 e. The fourth-order valence-electron chi connectivity index (χ4n) is 3.55. The Morgan fingerprint density at radius 1 is 1.04 bits per heavy atom. The van der Waals surface area contributed by atoms with Crippen molar-refractivity contribution < 1.29 is 4.39 Å². The summed E-state index contributed by atoms with van der Waals surface area (Å²) in [5.74, 6) is 0.621.